The highest BCUT2D eigenvalue weighted by Gasteiger charge is 2.25. The molecule has 5 nitrogen and oxygen atoms in total. The molecule has 1 saturated heterocycles. The van der Waals surface area contributed by atoms with Gasteiger partial charge in [0.05, 0.1) is 6.04 Å². The second-order valence-corrected chi connectivity index (χ2v) is 5.66. The maximum atomic E-state index is 12.2. The Morgan fingerprint density at radius 3 is 2.63 bits per heavy atom. The largest absolute Gasteiger partial charge is 0.357 e. The molecule has 1 heterocycles. The molecule has 1 fully saturated rings. The Bertz CT molecular complexity index is 297. The monoisotopic (exact) mass is 269 g/mol. The van der Waals surface area contributed by atoms with Crippen molar-refractivity contribution >= 4 is 11.8 Å². The zero-order chi connectivity index (χ0) is 14.3. The van der Waals surface area contributed by atoms with Gasteiger partial charge in [0.15, 0.2) is 0 Å². The quantitative estimate of drug-likeness (QED) is 0.691. The second-order valence-electron chi connectivity index (χ2n) is 5.66. The highest BCUT2D eigenvalue weighted by atomic mass is 16.2. The molecule has 1 aliphatic heterocycles. The van der Waals surface area contributed by atoms with Crippen molar-refractivity contribution in [3.63, 3.8) is 0 Å². The molecule has 0 aromatic carbocycles. The first-order valence-corrected chi connectivity index (χ1v) is 7.30. The Kier molecular flexibility index (Phi) is 6.84. The summed E-state index contributed by atoms with van der Waals surface area (Å²) in [5.74, 6) is 0.205. The summed E-state index contributed by atoms with van der Waals surface area (Å²) < 4.78 is 0. The van der Waals surface area contributed by atoms with Crippen LogP contribution in [0.3, 0.4) is 0 Å². The summed E-state index contributed by atoms with van der Waals surface area (Å²) in [6.07, 6.45) is 4.88. The summed E-state index contributed by atoms with van der Waals surface area (Å²) in [6, 6.07) is -0.579. The van der Waals surface area contributed by atoms with E-state index in [-0.39, 0.29) is 17.9 Å². The number of hydrogen-bond acceptors (Lipinski definition) is 3. The van der Waals surface area contributed by atoms with Gasteiger partial charge in [-0.15, -0.1) is 0 Å². The van der Waals surface area contributed by atoms with Gasteiger partial charge in [-0.05, 0) is 31.7 Å². The molecule has 0 aromatic heterocycles. The lowest BCUT2D eigenvalue weighted by Gasteiger charge is -2.22. The lowest BCUT2D eigenvalue weighted by Crippen LogP contribution is -2.52. The molecule has 0 radical (unpaired) electrons. The number of carbonyl (C=O) groups excluding carboxylic acids is 2. The molecule has 5 heteroatoms. The predicted molar refractivity (Wildman–Crippen MR) is 75.7 cm³/mol. The van der Waals surface area contributed by atoms with Crippen LogP contribution in [0.1, 0.15) is 46.0 Å². The van der Waals surface area contributed by atoms with Gasteiger partial charge in [0, 0.05) is 7.05 Å². The van der Waals surface area contributed by atoms with Crippen LogP contribution >= 0.6 is 0 Å². The van der Waals surface area contributed by atoms with Gasteiger partial charge in [0.2, 0.25) is 11.8 Å². The van der Waals surface area contributed by atoms with Crippen LogP contribution in [-0.4, -0.2) is 37.5 Å². The molecule has 0 spiro atoms. The van der Waals surface area contributed by atoms with Gasteiger partial charge in [-0.3, -0.25) is 9.59 Å². The van der Waals surface area contributed by atoms with Crippen LogP contribution in [0.2, 0.25) is 0 Å². The van der Waals surface area contributed by atoms with Gasteiger partial charge in [-0.25, -0.2) is 0 Å². The molecule has 1 rings (SSSR count). The minimum absolute atomic E-state index is 0.0452. The van der Waals surface area contributed by atoms with Crippen LogP contribution in [0.15, 0.2) is 0 Å². The van der Waals surface area contributed by atoms with E-state index in [2.05, 4.69) is 16.0 Å². The van der Waals surface area contributed by atoms with E-state index >= 15 is 0 Å². The smallest absolute Gasteiger partial charge is 0.242 e. The molecular formula is C14H27N3O2. The highest BCUT2D eigenvalue weighted by molar-refractivity contribution is 5.89. The lowest BCUT2D eigenvalue weighted by atomic mass is 10.0. The molecule has 0 bridgehead atoms. The van der Waals surface area contributed by atoms with E-state index in [0.29, 0.717) is 12.3 Å². The van der Waals surface area contributed by atoms with Crippen molar-refractivity contribution in [3.05, 3.63) is 0 Å². The number of likely N-dealkylation sites (N-methyl/N-ethyl adjacent to an activating group) is 1. The van der Waals surface area contributed by atoms with Crippen LogP contribution in [-0.2, 0) is 9.59 Å². The number of amides is 2. The second kappa shape index (κ2) is 8.15. The van der Waals surface area contributed by atoms with Crippen LogP contribution in [0.4, 0.5) is 0 Å². The van der Waals surface area contributed by atoms with Gasteiger partial charge in [-0.2, -0.15) is 0 Å². The van der Waals surface area contributed by atoms with Crippen LogP contribution in [0, 0.1) is 5.92 Å². The first kappa shape index (κ1) is 16.0. The summed E-state index contributed by atoms with van der Waals surface area (Å²) in [4.78, 5) is 24.0. The Morgan fingerprint density at radius 1 is 1.26 bits per heavy atom. The molecular weight excluding hydrogens is 242 g/mol. The van der Waals surface area contributed by atoms with Gasteiger partial charge < -0.3 is 16.0 Å². The van der Waals surface area contributed by atoms with E-state index in [1.165, 1.54) is 6.42 Å². The zero-order valence-electron chi connectivity index (χ0n) is 12.3. The van der Waals surface area contributed by atoms with Gasteiger partial charge in [0.1, 0.15) is 6.04 Å². The average molecular weight is 269 g/mol. The van der Waals surface area contributed by atoms with E-state index in [4.69, 9.17) is 0 Å². The third kappa shape index (κ3) is 5.59. The Balaban J connectivity index is 2.56. The molecule has 2 unspecified atom stereocenters. The summed E-state index contributed by atoms with van der Waals surface area (Å²) in [5, 5.41) is 8.75. The first-order valence-electron chi connectivity index (χ1n) is 7.30. The summed E-state index contributed by atoms with van der Waals surface area (Å²) >= 11 is 0. The third-order valence-corrected chi connectivity index (χ3v) is 3.46. The number of hydrogen-bond donors (Lipinski definition) is 3. The lowest BCUT2D eigenvalue weighted by molar-refractivity contribution is -0.130. The highest BCUT2D eigenvalue weighted by Crippen LogP contribution is 2.10. The van der Waals surface area contributed by atoms with Crippen molar-refractivity contribution in [2.24, 2.45) is 5.92 Å². The number of nitrogens with one attached hydrogen (secondary N) is 3. The normalized spacial score (nSPS) is 21.6. The molecule has 0 aromatic rings. The summed E-state index contributed by atoms with van der Waals surface area (Å²) in [5.41, 5.74) is 0. The summed E-state index contributed by atoms with van der Waals surface area (Å²) in [7, 11) is 1.60. The molecule has 0 aliphatic carbocycles. The number of carbonyl (C=O) groups is 2. The molecule has 2 amide bonds. The summed E-state index contributed by atoms with van der Waals surface area (Å²) in [6.45, 7) is 4.98. The minimum atomic E-state index is -0.428. The van der Waals surface area contributed by atoms with Crippen molar-refractivity contribution in [1.29, 1.82) is 0 Å². The number of rotatable bonds is 5. The Hall–Kier alpha value is -1.10. The van der Waals surface area contributed by atoms with Gasteiger partial charge >= 0.3 is 0 Å². The molecule has 0 saturated carbocycles. The van der Waals surface area contributed by atoms with Crippen molar-refractivity contribution < 1.29 is 9.59 Å². The topological polar surface area (TPSA) is 70.2 Å². The molecule has 1 aliphatic rings. The van der Waals surface area contributed by atoms with Crippen molar-refractivity contribution in [1.82, 2.24) is 16.0 Å². The van der Waals surface area contributed by atoms with Gasteiger partial charge in [-0.1, -0.05) is 26.7 Å². The average Bonchev–Trinajstić information content (AvgIpc) is 2.65. The molecule has 3 N–H and O–H groups in total. The van der Waals surface area contributed by atoms with E-state index in [9.17, 15) is 9.59 Å². The van der Waals surface area contributed by atoms with Crippen LogP contribution in [0.25, 0.3) is 0 Å². The zero-order valence-corrected chi connectivity index (χ0v) is 12.3. The molecule has 2 atom stereocenters. The van der Waals surface area contributed by atoms with E-state index in [1.807, 2.05) is 13.8 Å². The maximum absolute atomic E-state index is 12.2. The van der Waals surface area contributed by atoms with Crippen molar-refractivity contribution in [3.8, 4) is 0 Å². The fourth-order valence-electron chi connectivity index (χ4n) is 2.40. The molecule has 110 valence electrons. The fourth-order valence-corrected chi connectivity index (χ4v) is 2.40. The third-order valence-electron chi connectivity index (χ3n) is 3.46. The SMILES string of the molecule is CNC(=O)C(CC(C)C)NC(=O)C1CCCCCN1. The van der Waals surface area contributed by atoms with Crippen molar-refractivity contribution in [2.45, 2.75) is 58.0 Å². The Labute approximate surface area is 115 Å². The standard InChI is InChI=1S/C14H27N3O2/c1-10(2)9-12(13(18)15-3)17-14(19)11-7-5-4-6-8-16-11/h10-12,16H,4-9H2,1-3H3,(H,15,18)(H,17,19). The Morgan fingerprint density at radius 2 is 2.00 bits per heavy atom. The molecule has 19 heavy (non-hydrogen) atoms. The van der Waals surface area contributed by atoms with E-state index < -0.39 is 6.04 Å². The van der Waals surface area contributed by atoms with Crippen molar-refractivity contribution in [2.75, 3.05) is 13.6 Å². The van der Waals surface area contributed by atoms with Crippen LogP contribution < -0.4 is 16.0 Å². The van der Waals surface area contributed by atoms with Crippen LogP contribution in [0.5, 0.6) is 0 Å². The first-order chi connectivity index (χ1) is 9.04. The van der Waals surface area contributed by atoms with E-state index in [0.717, 1.165) is 25.8 Å². The minimum Gasteiger partial charge on any atom is -0.357 e. The van der Waals surface area contributed by atoms with E-state index in [1.54, 1.807) is 7.05 Å². The van der Waals surface area contributed by atoms with Gasteiger partial charge in [0.25, 0.3) is 0 Å². The fraction of sp³-hybridized carbons (Fsp3) is 0.857. The predicted octanol–water partition coefficient (Wildman–Crippen LogP) is 0.795. The maximum Gasteiger partial charge on any atom is 0.242 e.